The van der Waals surface area contributed by atoms with Crippen LogP contribution in [-0.2, 0) is 6.42 Å². The molecule has 1 aromatic rings. The lowest BCUT2D eigenvalue weighted by molar-refractivity contribution is 1.01. The first kappa shape index (κ1) is 6.82. The van der Waals surface area contributed by atoms with E-state index in [1.165, 1.54) is 5.56 Å². The zero-order valence-corrected chi connectivity index (χ0v) is 5.67. The van der Waals surface area contributed by atoms with Gasteiger partial charge in [-0.2, -0.15) is 5.26 Å². The van der Waals surface area contributed by atoms with Crippen LogP contribution in [0.1, 0.15) is 12.0 Å². The molecule has 1 heteroatoms. The second-order valence-electron chi connectivity index (χ2n) is 2.07. The number of aryl methyl sites for hydroxylation is 1. The Kier molecular flexibility index (Phi) is 2.51. The molecule has 1 aromatic carbocycles. The van der Waals surface area contributed by atoms with Crippen molar-refractivity contribution < 1.29 is 0 Å². The molecule has 0 fully saturated rings. The van der Waals surface area contributed by atoms with Gasteiger partial charge < -0.3 is 0 Å². The fraction of sp³-hybridized carbons (Fsp3) is 0.222. The van der Waals surface area contributed by atoms with Gasteiger partial charge in [-0.3, -0.25) is 0 Å². The van der Waals surface area contributed by atoms with Crippen molar-refractivity contribution in [2.24, 2.45) is 0 Å². The molecule has 0 heterocycles. The molecule has 0 aromatic heterocycles. The Hall–Kier alpha value is -1.29. The van der Waals surface area contributed by atoms with Gasteiger partial charge in [0.05, 0.1) is 6.07 Å². The van der Waals surface area contributed by atoms with Crippen LogP contribution >= 0.6 is 0 Å². The lowest BCUT2D eigenvalue weighted by atomic mass is 10.1. The van der Waals surface area contributed by atoms with Crippen molar-refractivity contribution in [2.45, 2.75) is 12.8 Å². The summed E-state index contributed by atoms with van der Waals surface area (Å²) in [4.78, 5) is 0. The molecule has 0 aliphatic heterocycles. The number of rotatable bonds is 2. The molecule has 0 bridgehead atoms. The summed E-state index contributed by atoms with van der Waals surface area (Å²) in [6, 6.07) is 12.7. The number of hydrogen-bond acceptors (Lipinski definition) is 1. The molecular weight excluding hydrogens is 122 g/mol. The Balaban J connectivity index is 2.52. The third kappa shape index (κ3) is 1.91. The number of benzene rings is 1. The van der Waals surface area contributed by atoms with E-state index in [1.54, 1.807) is 0 Å². The summed E-state index contributed by atoms with van der Waals surface area (Å²) in [5, 5.41) is 8.27. The molecule has 0 unspecified atom stereocenters. The average molecular weight is 130 g/mol. The summed E-state index contributed by atoms with van der Waals surface area (Å²) in [5.74, 6) is 0. The summed E-state index contributed by atoms with van der Waals surface area (Å²) in [6.45, 7) is 0. The quantitative estimate of drug-likeness (QED) is 0.600. The van der Waals surface area contributed by atoms with Gasteiger partial charge in [0.15, 0.2) is 0 Å². The highest BCUT2D eigenvalue weighted by Gasteiger charge is 1.87. The van der Waals surface area contributed by atoms with Gasteiger partial charge >= 0.3 is 0 Å². The first-order chi connectivity index (χ1) is 4.93. The Bertz CT molecular complexity index is 220. The minimum atomic E-state index is 0.601. The van der Waals surface area contributed by atoms with Gasteiger partial charge in [0.1, 0.15) is 0 Å². The summed E-state index contributed by atoms with van der Waals surface area (Å²) in [7, 11) is 0. The molecule has 0 aliphatic carbocycles. The van der Waals surface area contributed by atoms with Gasteiger partial charge in [0.25, 0.3) is 0 Å². The van der Waals surface area contributed by atoms with E-state index in [2.05, 4.69) is 12.1 Å². The molecule has 0 atom stereocenters. The summed E-state index contributed by atoms with van der Waals surface area (Å²) < 4.78 is 0. The van der Waals surface area contributed by atoms with Crippen molar-refractivity contribution in [3.05, 3.63) is 35.9 Å². The minimum absolute atomic E-state index is 0.601. The molecule has 0 saturated heterocycles. The highest BCUT2D eigenvalue weighted by Crippen LogP contribution is 2.00. The van der Waals surface area contributed by atoms with Crippen molar-refractivity contribution in [1.29, 1.82) is 5.26 Å². The summed E-state index contributed by atoms with van der Waals surface area (Å²) in [5.41, 5.74) is 1.21. The zero-order valence-electron chi connectivity index (χ0n) is 5.67. The molecular formula is C9H8N. The lowest BCUT2D eigenvalue weighted by Crippen LogP contribution is -1.80. The van der Waals surface area contributed by atoms with E-state index < -0.39 is 0 Å². The summed E-state index contributed by atoms with van der Waals surface area (Å²) >= 11 is 0. The van der Waals surface area contributed by atoms with E-state index in [9.17, 15) is 0 Å². The molecule has 1 rings (SSSR count). The van der Waals surface area contributed by atoms with Crippen LogP contribution in [-0.4, -0.2) is 0 Å². The molecule has 10 heavy (non-hydrogen) atoms. The van der Waals surface area contributed by atoms with Crippen LogP contribution in [0.3, 0.4) is 0 Å². The molecule has 0 amide bonds. The van der Waals surface area contributed by atoms with Crippen molar-refractivity contribution in [3.8, 4) is 6.07 Å². The number of hydrogen-bond donors (Lipinski definition) is 0. The maximum absolute atomic E-state index is 8.27. The van der Waals surface area contributed by atoms with Crippen molar-refractivity contribution in [1.82, 2.24) is 0 Å². The second kappa shape index (κ2) is 3.68. The predicted octanol–water partition coefficient (Wildman–Crippen LogP) is 1.94. The third-order valence-corrected chi connectivity index (χ3v) is 1.31. The fourth-order valence-electron chi connectivity index (χ4n) is 0.788. The molecule has 0 spiro atoms. The molecule has 0 saturated carbocycles. The van der Waals surface area contributed by atoms with Gasteiger partial charge in [-0.05, 0) is 18.1 Å². The van der Waals surface area contributed by atoms with Crippen molar-refractivity contribution in [2.75, 3.05) is 0 Å². The van der Waals surface area contributed by atoms with Crippen LogP contribution in [0.15, 0.2) is 24.3 Å². The highest BCUT2D eigenvalue weighted by molar-refractivity contribution is 5.14. The topological polar surface area (TPSA) is 23.8 Å². The average Bonchev–Trinajstić information content (AvgIpc) is 2.03. The largest absolute Gasteiger partial charge is 0.198 e. The molecule has 49 valence electrons. The first-order valence-electron chi connectivity index (χ1n) is 3.25. The lowest BCUT2D eigenvalue weighted by Gasteiger charge is -1.92. The number of nitrogens with zero attached hydrogens (tertiary/aromatic N) is 1. The van der Waals surface area contributed by atoms with E-state index in [-0.39, 0.29) is 0 Å². The molecule has 0 aliphatic rings. The van der Waals surface area contributed by atoms with E-state index in [0.717, 1.165) is 6.42 Å². The van der Waals surface area contributed by atoms with Crippen LogP contribution in [0.5, 0.6) is 0 Å². The van der Waals surface area contributed by atoms with Crippen LogP contribution in [0.25, 0.3) is 0 Å². The van der Waals surface area contributed by atoms with Gasteiger partial charge in [0, 0.05) is 6.42 Å². The Morgan fingerprint density at radius 2 is 2.10 bits per heavy atom. The van der Waals surface area contributed by atoms with Gasteiger partial charge in [-0.1, -0.05) is 24.3 Å². The highest BCUT2D eigenvalue weighted by atomic mass is 14.2. The summed E-state index contributed by atoms with van der Waals surface area (Å²) in [6.07, 6.45) is 1.45. The van der Waals surface area contributed by atoms with Crippen LogP contribution < -0.4 is 0 Å². The Labute approximate surface area is 60.9 Å². The minimum Gasteiger partial charge on any atom is -0.198 e. The maximum atomic E-state index is 8.27. The van der Waals surface area contributed by atoms with Crippen LogP contribution in [0.4, 0.5) is 0 Å². The van der Waals surface area contributed by atoms with Crippen molar-refractivity contribution >= 4 is 0 Å². The monoisotopic (exact) mass is 130 g/mol. The third-order valence-electron chi connectivity index (χ3n) is 1.31. The zero-order chi connectivity index (χ0) is 7.23. The fourth-order valence-corrected chi connectivity index (χ4v) is 0.788. The van der Waals surface area contributed by atoms with Gasteiger partial charge in [0.2, 0.25) is 0 Å². The number of nitriles is 1. The smallest absolute Gasteiger partial charge is 0.0625 e. The van der Waals surface area contributed by atoms with E-state index in [0.29, 0.717) is 6.42 Å². The Morgan fingerprint density at radius 1 is 1.40 bits per heavy atom. The normalized spacial score (nSPS) is 8.70. The standard InChI is InChI=1S/C9H8N/c10-8-4-7-9-5-2-1-3-6-9/h2-3,5-6H,4,7H2. The van der Waals surface area contributed by atoms with Crippen molar-refractivity contribution in [3.63, 3.8) is 0 Å². The maximum Gasteiger partial charge on any atom is 0.0625 e. The van der Waals surface area contributed by atoms with E-state index >= 15 is 0 Å². The van der Waals surface area contributed by atoms with Gasteiger partial charge in [-0.25, -0.2) is 0 Å². The SMILES string of the molecule is N#CCCc1cc[c]cc1. The second-order valence-corrected chi connectivity index (χ2v) is 2.07. The molecule has 0 N–H and O–H groups in total. The van der Waals surface area contributed by atoms with Crippen LogP contribution in [0.2, 0.25) is 0 Å². The van der Waals surface area contributed by atoms with E-state index in [1.807, 2.05) is 24.3 Å². The molecule has 1 radical (unpaired) electrons. The van der Waals surface area contributed by atoms with Gasteiger partial charge in [-0.15, -0.1) is 0 Å². The van der Waals surface area contributed by atoms with E-state index in [4.69, 9.17) is 5.26 Å². The first-order valence-corrected chi connectivity index (χ1v) is 3.25. The molecule has 1 nitrogen and oxygen atoms in total. The predicted molar refractivity (Wildman–Crippen MR) is 39.2 cm³/mol. The Morgan fingerprint density at radius 3 is 2.70 bits per heavy atom. The van der Waals surface area contributed by atoms with Crippen LogP contribution in [0, 0.1) is 17.4 Å².